The lowest BCUT2D eigenvalue weighted by atomic mass is 9.94. The van der Waals surface area contributed by atoms with E-state index in [9.17, 15) is 54.2 Å². The van der Waals surface area contributed by atoms with Gasteiger partial charge < -0.3 is 51.2 Å². The summed E-state index contributed by atoms with van der Waals surface area (Å²) < 4.78 is 2.04. The number of rotatable bonds is 14. The van der Waals surface area contributed by atoms with Gasteiger partial charge in [0.25, 0.3) is 0 Å². The number of nitrogens with zero attached hydrogens (tertiary/aromatic N) is 4. The van der Waals surface area contributed by atoms with Crippen molar-refractivity contribution >= 4 is 63.7 Å². The van der Waals surface area contributed by atoms with Gasteiger partial charge in [-0.05, 0) is 101 Å². The molecule has 0 bridgehead atoms. The number of allylic oxidation sites excluding steroid dienone is 1. The summed E-state index contributed by atoms with van der Waals surface area (Å²) in [6.45, 7) is 17.2. The predicted octanol–water partition coefficient (Wildman–Crippen LogP) is 3.15. The maximum atomic E-state index is 15.4. The van der Waals surface area contributed by atoms with Crippen molar-refractivity contribution < 1.29 is 59.0 Å². The average molecular weight is 1060 g/mol. The van der Waals surface area contributed by atoms with Crippen LogP contribution in [0.1, 0.15) is 112 Å². The van der Waals surface area contributed by atoms with E-state index in [-0.39, 0.29) is 73.4 Å². The summed E-state index contributed by atoms with van der Waals surface area (Å²) in [5, 5.41) is 55.9. The summed E-state index contributed by atoms with van der Waals surface area (Å²) in [5.74, 6) is -7.39. The van der Waals surface area contributed by atoms with Gasteiger partial charge in [0.2, 0.25) is 41.4 Å². The normalized spacial score (nSPS) is 25.0. The highest BCUT2D eigenvalue weighted by molar-refractivity contribution is 5.99. The van der Waals surface area contributed by atoms with E-state index in [0.717, 1.165) is 27.6 Å². The summed E-state index contributed by atoms with van der Waals surface area (Å²) >= 11 is 0. The molecule has 0 saturated carbocycles. The maximum absolute atomic E-state index is 15.4. The van der Waals surface area contributed by atoms with Gasteiger partial charge in [0.1, 0.15) is 59.5 Å². The van der Waals surface area contributed by atoms with Crippen molar-refractivity contribution in [1.82, 2.24) is 41.0 Å². The molecule has 9 atom stereocenters. The number of carbonyl (C=O) groups is 8. The molecule has 3 heterocycles. The van der Waals surface area contributed by atoms with Gasteiger partial charge in [-0.25, -0.2) is 0 Å². The minimum Gasteiger partial charge on any atom is -0.506 e. The summed E-state index contributed by atoms with van der Waals surface area (Å²) in [5.41, 5.74) is 1.25. The van der Waals surface area contributed by atoms with E-state index in [2.05, 4.69) is 26.6 Å². The highest BCUT2D eigenvalue weighted by Crippen LogP contribution is 2.41. The van der Waals surface area contributed by atoms with Crippen LogP contribution in [0, 0.1) is 17.8 Å². The molecule has 7 amide bonds. The van der Waals surface area contributed by atoms with Crippen LogP contribution in [0.25, 0.3) is 10.9 Å². The van der Waals surface area contributed by atoms with E-state index in [1.54, 1.807) is 26.0 Å². The molecule has 3 aromatic rings. The first-order valence-corrected chi connectivity index (χ1v) is 26.1. The Bertz CT molecular complexity index is 2680. The number of ketones is 1. The Hall–Kier alpha value is -6.84. The molecule has 0 radical (unpaired) electrons. The van der Waals surface area contributed by atoms with Gasteiger partial charge in [-0.15, -0.1) is 5.23 Å². The van der Waals surface area contributed by atoms with Crippen molar-refractivity contribution in [2.45, 2.75) is 168 Å². The average Bonchev–Trinajstić information content (AvgIpc) is 3.79. The van der Waals surface area contributed by atoms with Gasteiger partial charge in [0, 0.05) is 55.9 Å². The molecule has 9 N–H and O–H groups in total. The van der Waals surface area contributed by atoms with Crippen LogP contribution >= 0.6 is 0 Å². The summed E-state index contributed by atoms with van der Waals surface area (Å²) in [4.78, 5) is 118. The van der Waals surface area contributed by atoms with Crippen molar-refractivity contribution in [3.05, 3.63) is 71.4 Å². The number of hydrogen-bond donors (Lipinski definition) is 9. The number of amides is 7. The lowest BCUT2D eigenvalue weighted by molar-refractivity contribution is -0.144. The highest BCUT2D eigenvalue weighted by atomic mass is 16.8. The van der Waals surface area contributed by atoms with Crippen LogP contribution < -0.4 is 31.8 Å². The number of phenolic OH excluding ortho intramolecular Hbond substituents is 1. The molecule has 0 spiro atoms. The lowest BCUT2D eigenvalue weighted by Gasteiger charge is -2.34. The summed E-state index contributed by atoms with van der Waals surface area (Å²) in [6.07, 6.45) is 2.28. The standard InChI is InChI=1S/C55H79N9O12/c1-13-14-18-37-48(68)60-40(27-36-35-17-15-16-19-41(35)63-42(36)28-47(67)55(63,9)10)54(74)62(12)44(23-30(4)5)51(71)59-39(25-34-20-21-46(66)43(26-34)64(75)76)49(69)56-32(7)53(73)61(11)45(24-31(6)33(8)65)52(72)58-38(22-29(2)3)50(70)57-37/h13-17,19-21,26,29-32,37-40,44-45,47,66-67,75-76H,18,22-25,27-28H2,1-12H3,(H,56,69)(H,57,70)(H,58,72)(H,59,71)(H,60,68). The molecule has 1 fully saturated rings. The van der Waals surface area contributed by atoms with E-state index in [1.807, 2.05) is 70.4 Å². The van der Waals surface area contributed by atoms with E-state index >= 15 is 4.79 Å². The topological polar surface area (TPSA) is 292 Å². The molecule has 0 aliphatic carbocycles. The van der Waals surface area contributed by atoms with Crippen molar-refractivity contribution in [1.29, 1.82) is 0 Å². The number of Topliss-reactive ketones (excluding diaryl/α,β-unsaturated/α-hetero) is 1. The Morgan fingerprint density at radius 1 is 0.737 bits per heavy atom. The quantitative estimate of drug-likeness (QED) is 0.0830. The van der Waals surface area contributed by atoms with E-state index in [0.29, 0.717) is 5.56 Å². The van der Waals surface area contributed by atoms with E-state index < -0.39 is 113 Å². The highest BCUT2D eigenvalue weighted by Gasteiger charge is 2.44. The van der Waals surface area contributed by atoms with Crippen molar-refractivity contribution in [2.24, 2.45) is 17.8 Å². The van der Waals surface area contributed by atoms with Gasteiger partial charge in [-0.3, -0.25) is 48.8 Å². The number of aromatic nitrogens is 1. The van der Waals surface area contributed by atoms with Crippen LogP contribution in [0.5, 0.6) is 5.75 Å². The Morgan fingerprint density at radius 2 is 1.29 bits per heavy atom. The smallest absolute Gasteiger partial charge is 0.245 e. The molecular formula is C55H79N9O12. The summed E-state index contributed by atoms with van der Waals surface area (Å²) in [6, 6.07) is 1.72. The SMILES string of the molecule is CC=CCC1NC(=O)C(CC(C)C)NC(=O)C(CC(C)C(C)=O)N(C)C(=O)C(C)NC(=O)C(Cc2ccc(O)c(N(O)O)c2)NC(=O)C(CC(C)C)N(C)C(=O)C(Cc2c3n(c4ccccc24)C(C)(C)C(O)C3)NC1=O. The number of nitrogens with one attached hydrogen (secondary N) is 5. The molecule has 2 aliphatic heterocycles. The molecule has 2 aliphatic rings. The second kappa shape index (κ2) is 25.3. The van der Waals surface area contributed by atoms with Crippen LogP contribution in [0.2, 0.25) is 0 Å². The Balaban J connectivity index is 1.71. The molecule has 5 rings (SSSR count). The van der Waals surface area contributed by atoms with Gasteiger partial charge in [-0.2, -0.15) is 0 Å². The van der Waals surface area contributed by atoms with Crippen molar-refractivity contribution in [2.75, 3.05) is 19.3 Å². The molecular weight excluding hydrogens is 979 g/mol. The molecule has 2 aromatic carbocycles. The first kappa shape index (κ1) is 60.0. The fourth-order valence-corrected chi connectivity index (χ4v) is 10.1. The predicted molar refractivity (Wildman–Crippen MR) is 284 cm³/mol. The number of hydrogen-bond acceptors (Lipinski definition) is 13. The molecule has 416 valence electrons. The van der Waals surface area contributed by atoms with Crippen LogP contribution in [0.4, 0.5) is 5.69 Å². The number of fused-ring (bicyclic) bond motifs is 3. The Labute approximate surface area is 444 Å². The monoisotopic (exact) mass is 1060 g/mol. The lowest BCUT2D eigenvalue weighted by Crippen LogP contribution is -2.60. The minimum atomic E-state index is -1.53. The van der Waals surface area contributed by atoms with Crippen LogP contribution in [-0.2, 0) is 63.2 Å². The molecule has 1 aromatic heterocycles. The first-order valence-electron chi connectivity index (χ1n) is 26.1. The number of benzene rings is 2. The Kier molecular flexibility index (Phi) is 20.0. The summed E-state index contributed by atoms with van der Waals surface area (Å²) in [7, 11) is 2.74. The van der Waals surface area contributed by atoms with Gasteiger partial charge in [-0.1, -0.05) is 71.0 Å². The number of aromatic hydroxyl groups is 1. The van der Waals surface area contributed by atoms with Crippen molar-refractivity contribution in [3.8, 4) is 5.75 Å². The fraction of sp³-hybridized carbons (Fsp3) is 0.564. The molecule has 1 saturated heterocycles. The van der Waals surface area contributed by atoms with Gasteiger partial charge in [0.05, 0.1) is 11.6 Å². The number of anilines is 1. The Morgan fingerprint density at radius 3 is 1.89 bits per heavy atom. The third-order valence-corrected chi connectivity index (χ3v) is 14.7. The second-order valence-electron chi connectivity index (χ2n) is 21.9. The number of carbonyl (C=O) groups excluding carboxylic acids is 8. The van der Waals surface area contributed by atoms with E-state index in [4.69, 9.17) is 0 Å². The largest absolute Gasteiger partial charge is 0.506 e. The third kappa shape index (κ3) is 14.0. The zero-order chi connectivity index (χ0) is 56.7. The van der Waals surface area contributed by atoms with Crippen LogP contribution in [0.15, 0.2) is 54.6 Å². The third-order valence-electron chi connectivity index (χ3n) is 14.7. The maximum Gasteiger partial charge on any atom is 0.245 e. The minimum absolute atomic E-state index is 0.0377. The first-order chi connectivity index (χ1) is 35.6. The number of aliphatic hydroxyl groups excluding tert-OH is 1. The zero-order valence-electron chi connectivity index (χ0n) is 45.8. The van der Waals surface area contributed by atoms with Crippen LogP contribution in [0.3, 0.4) is 0 Å². The number of likely N-dealkylation sites (N-methyl/N-ethyl adjacent to an activating group) is 2. The van der Waals surface area contributed by atoms with Crippen LogP contribution in [-0.4, -0.2) is 145 Å². The molecule has 76 heavy (non-hydrogen) atoms. The number of phenols is 1. The van der Waals surface area contributed by atoms with Gasteiger partial charge >= 0.3 is 0 Å². The van der Waals surface area contributed by atoms with Crippen molar-refractivity contribution in [3.63, 3.8) is 0 Å². The second-order valence-corrected chi connectivity index (χ2v) is 21.9. The fourth-order valence-electron chi connectivity index (χ4n) is 10.1. The number of aliphatic hydroxyl groups is 1. The van der Waals surface area contributed by atoms with Gasteiger partial charge in [0.15, 0.2) is 0 Å². The molecule has 9 unspecified atom stereocenters. The zero-order valence-corrected chi connectivity index (χ0v) is 45.8. The molecule has 21 nitrogen and oxygen atoms in total. The molecule has 21 heteroatoms. The number of para-hydroxylation sites is 1. The van der Waals surface area contributed by atoms with E-state index in [1.165, 1.54) is 45.0 Å².